The monoisotopic (exact) mass is 380 g/mol. The minimum absolute atomic E-state index is 0.286. The molecule has 1 amide bonds. The van der Waals surface area contributed by atoms with E-state index in [2.05, 4.69) is 44.5 Å². The molecule has 0 N–H and O–H groups in total. The third-order valence-electron chi connectivity index (χ3n) is 6.67. The van der Waals surface area contributed by atoms with Gasteiger partial charge in [0.1, 0.15) is 0 Å². The van der Waals surface area contributed by atoms with Crippen molar-refractivity contribution < 1.29 is 14.3 Å². The molecule has 3 rings (SSSR count). The van der Waals surface area contributed by atoms with Gasteiger partial charge in [-0.15, -0.1) is 0 Å². The van der Waals surface area contributed by atoms with Gasteiger partial charge in [-0.05, 0) is 73.3 Å². The van der Waals surface area contributed by atoms with Crippen LogP contribution in [-0.4, -0.2) is 72.8 Å². The lowest BCUT2D eigenvalue weighted by atomic mass is 9.59. The zero-order valence-electron chi connectivity index (χ0n) is 18.1. The second-order valence-corrected chi connectivity index (χ2v) is 9.79. The highest BCUT2D eigenvalue weighted by atomic mass is 16.5. The Morgan fingerprint density at radius 2 is 1.74 bits per heavy atom. The van der Waals surface area contributed by atoms with Gasteiger partial charge in [-0.2, -0.15) is 0 Å². The van der Waals surface area contributed by atoms with Crippen LogP contribution in [0.1, 0.15) is 72.6 Å². The second kappa shape index (κ2) is 8.79. The number of rotatable bonds is 10. The summed E-state index contributed by atoms with van der Waals surface area (Å²) in [6.45, 7) is 11.1. The van der Waals surface area contributed by atoms with E-state index in [1.54, 1.807) is 0 Å². The average molecular weight is 381 g/mol. The Hall–Kier alpha value is -0.650. The first-order valence-corrected chi connectivity index (χ1v) is 11.0. The number of unbranched alkanes of at least 4 members (excludes halogenated alkanes) is 1. The van der Waals surface area contributed by atoms with Gasteiger partial charge in [-0.25, -0.2) is 0 Å². The zero-order valence-corrected chi connectivity index (χ0v) is 18.1. The van der Waals surface area contributed by atoms with Crippen molar-refractivity contribution in [3.8, 4) is 0 Å². The van der Waals surface area contributed by atoms with Gasteiger partial charge < -0.3 is 19.3 Å². The van der Waals surface area contributed by atoms with Gasteiger partial charge in [0.15, 0.2) is 0 Å². The SMILES string of the molecule is CC(C)OCCCCC(=O)N1CC2(CC(N(C)C3CC(OC(C)C)C3)C2)C1. The van der Waals surface area contributed by atoms with Crippen LogP contribution in [0.4, 0.5) is 0 Å². The summed E-state index contributed by atoms with van der Waals surface area (Å²) >= 11 is 0. The van der Waals surface area contributed by atoms with E-state index in [4.69, 9.17) is 9.47 Å². The molecule has 0 bridgehead atoms. The Bertz CT molecular complexity index is 488. The molecule has 3 fully saturated rings. The topological polar surface area (TPSA) is 42.0 Å². The first-order chi connectivity index (χ1) is 12.8. The number of hydrogen-bond donors (Lipinski definition) is 0. The number of ether oxygens (including phenoxy) is 2. The van der Waals surface area contributed by atoms with Gasteiger partial charge in [0.25, 0.3) is 0 Å². The lowest BCUT2D eigenvalue weighted by Gasteiger charge is -2.62. The lowest BCUT2D eigenvalue weighted by Crippen LogP contribution is -2.68. The molecule has 0 aromatic heterocycles. The van der Waals surface area contributed by atoms with E-state index in [1.807, 2.05) is 0 Å². The van der Waals surface area contributed by atoms with Gasteiger partial charge in [-0.3, -0.25) is 4.79 Å². The van der Waals surface area contributed by atoms with Crippen molar-refractivity contribution in [3.63, 3.8) is 0 Å². The Morgan fingerprint density at radius 3 is 2.33 bits per heavy atom. The molecule has 1 spiro atoms. The molecule has 0 aromatic rings. The van der Waals surface area contributed by atoms with E-state index >= 15 is 0 Å². The smallest absolute Gasteiger partial charge is 0.222 e. The van der Waals surface area contributed by atoms with Crippen LogP contribution in [0.15, 0.2) is 0 Å². The van der Waals surface area contributed by atoms with Crippen molar-refractivity contribution in [1.29, 1.82) is 0 Å². The Balaban J connectivity index is 1.26. The fraction of sp³-hybridized carbons (Fsp3) is 0.955. The first kappa shape index (κ1) is 21.1. The van der Waals surface area contributed by atoms with E-state index in [-0.39, 0.29) is 6.10 Å². The van der Waals surface area contributed by atoms with Crippen LogP contribution in [-0.2, 0) is 14.3 Å². The molecule has 0 unspecified atom stereocenters. The molecule has 5 nitrogen and oxygen atoms in total. The molecular formula is C22H40N2O3. The van der Waals surface area contributed by atoms with Crippen molar-refractivity contribution in [2.75, 3.05) is 26.7 Å². The van der Waals surface area contributed by atoms with Gasteiger partial charge >= 0.3 is 0 Å². The largest absolute Gasteiger partial charge is 0.379 e. The van der Waals surface area contributed by atoms with Gasteiger partial charge in [-0.1, -0.05) is 0 Å². The summed E-state index contributed by atoms with van der Waals surface area (Å²) in [5.41, 5.74) is 0.437. The molecule has 2 saturated carbocycles. The van der Waals surface area contributed by atoms with Crippen LogP contribution < -0.4 is 0 Å². The van der Waals surface area contributed by atoms with E-state index in [0.717, 1.165) is 32.5 Å². The Morgan fingerprint density at radius 1 is 1.07 bits per heavy atom. The minimum Gasteiger partial charge on any atom is -0.379 e. The van der Waals surface area contributed by atoms with Gasteiger partial charge in [0.05, 0.1) is 18.3 Å². The highest BCUT2D eigenvalue weighted by molar-refractivity contribution is 5.77. The number of nitrogens with zero attached hydrogens (tertiary/aromatic N) is 2. The zero-order chi connectivity index (χ0) is 19.6. The molecule has 0 atom stereocenters. The van der Waals surface area contributed by atoms with E-state index in [9.17, 15) is 4.79 Å². The fourth-order valence-corrected chi connectivity index (χ4v) is 4.95. The first-order valence-electron chi connectivity index (χ1n) is 11.0. The summed E-state index contributed by atoms with van der Waals surface area (Å²) < 4.78 is 11.4. The predicted octanol–water partition coefficient (Wildman–Crippen LogP) is 3.46. The molecule has 2 aliphatic carbocycles. The Kier molecular flexibility index (Phi) is 6.86. The maximum absolute atomic E-state index is 12.3. The van der Waals surface area contributed by atoms with Crippen molar-refractivity contribution in [3.05, 3.63) is 0 Å². The summed E-state index contributed by atoms with van der Waals surface area (Å²) in [6.07, 6.45) is 8.61. The average Bonchev–Trinajstić information content (AvgIpc) is 2.46. The number of hydrogen-bond acceptors (Lipinski definition) is 4. The van der Waals surface area contributed by atoms with Crippen molar-refractivity contribution in [1.82, 2.24) is 9.80 Å². The lowest BCUT2D eigenvalue weighted by molar-refractivity contribution is -0.162. The maximum atomic E-state index is 12.3. The second-order valence-electron chi connectivity index (χ2n) is 9.79. The molecule has 1 saturated heterocycles. The van der Waals surface area contributed by atoms with Crippen LogP contribution in [0.5, 0.6) is 0 Å². The van der Waals surface area contributed by atoms with Crippen molar-refractivity contribution in [2.24, 2.45) is 5.41 Å². The molecule has 1 heterocycles. The van der Waals surface area contributed by atoms with Crippen LogP contribution >= 0.6 is 0 Å². The summed E-state index contributed by atoms with van der Waals surface area (Å²) in [6, 6.07) is 1.41. The third-order valence-corrected chi connectivity index (χ3v) is 6.67. The summed E-state index contributed by atoms with van der Waals surface area (Å²) in [5.74, 6) is 0.342. The summed E-state index contributed by atoms with van der Waals surface area (Å²) in [4.78, 5) is 17.0. The molecule has 156 valence electrons. The Labute approximate surface area is 165 Å². The third kappa shape index (κ3) is 5.24. The maximum Gasteiger partial charge on any atom is 0.222 e. The summed E-state index contributed by atoms with van der Waals surface area (Å²) in [5, 5.41) is 0. The van der Waals surface area contributed by atoms with Gasteiger partial charge in [0.2, 0.25) is 5.91 Å². The fourth-order valence-electron chi connectivity index (χ4n) is 4.95. The number of likely N-dealkylation sites (tertiary alicyclic amines) is 1. The van der Waals surface area contributed by atoms with Crippen molar-refractivity contribution >= 4 is 5.91 Å². The highest BCUT2D eigenvalue weighted by Gasteiger charge is 2.55. The molecule has 3 aliphatic rings. The summed E-state index contributed by atoms with van der Waals surface area (Å²) in [7, 11) is 2.29. The van der Waals surface area contributed by atoms with Gasteiger partial charge in [0, 0.05) is 43.6 Å². The standard InChI is InChI=1S/C22H40N2O3/c1-16(2)26-9-7-6-8-21(25)24-14-22(15-24)12-19(13-22)23(5)18-10-20(11-18)27-17(3)4/h16-20H,6-15H2,1-5H3. The van der Waals surface area contributed by atoms with Crippen LogP contribution in [0.2, 0.25) is 0 Å². The molecule has 0 aromatic carbocycles. The van der Waals surface area contributed by atoms with E-state index in [0.29, 0.717) is 42.0 Å². The number of carbonyl (C=O) groups is 1. The minimum atomic E-state index is 0.286. The quantitative estimate of drug-likeness (QED) is 0.544. The molecule has 5 heteroatoms. The van der Waals surface area contributed by atoms with E-state index < -0.39 is 0 Å². The van der Waals surface area contributed by atoms with Crippen LogP contribution in [0.25, 0.3) is 0 Å². The highest BCUT2D eigenvalue weighted by Crippen LogP contribution is 2.51. The molecule has 27 heavy (non-hydrogen) atoms. The molecule has 1 aliphatic heterocycles. The van der Waals surface area contributed by atoms with Crippen LogP contribution in [0.3, 0.4) is 0 Å². The predicted molar refractivity (Wildman–Crippen MR) is 108 cm³/mol. The normalized spacial score (nSPS) is 27.2. The van der Waals surface area contributed by atoms with Crippen LogP contribution in [0, 0.1) is 5.41 Å². The van der Waals surface area contributed by atoms with E-state index in [1.165, 1.54) is 25.7 Å². The molecular weight excluding hydrogens is 340 g/mol. The number of carbonyl (C=O) groups excluding carboxylic acids is 1. The number of amides is 1. The van der Waals surface area contributed by atoms with Crippen molar-refractivity contribution in [2.45, 2.75) is 103 Å². The molecule has 0 radical (unpaired) electrons.